The first-order valence-electron chi connectivity index (χ1n) is 15.8. The van der Waals surface area contributed by atoms with Crippen LogP contribution in [-0.4, -0.2) is 4.57 Å². The summed E-state index contributed by atoms with van der Waals surface area (Å²) in [5.41, 5.74) is 10.2. The van der Waals surface area contributed by atoms with E-state index >= 15 is 0 Å². The Hall–Kier alpha value is -6.46. The molecular weight excluding hydrogens is 580 g/mol. The number of hydrogen-bond acceptors (Lipinski definition) is 4. The molecule has 5 nitrogen and oxygen atoms in total. The monoisotopic (exact) mass is 604 g/mol. The molecule has 0 atom stereocenters. The number of aromatic nitrogens is 1. The van der Waals surface area contributed by atoms with Crippen molar-refractivity contribution in [3.05, 3.63) is 146 Å². The van der Waals surface area contributed by atoms with Crippen LogP contribution >= 0.6 is 0 Å². The van der Waals surface area contributed by atoms with Crippen molar-refractivity contribution >= 4 is 60.8 Å². The van der Waals surface area contributed by atoms with E-state index in [2.05, 4.69) is 113 Å². The molecule has 0 aliphatic carbocycles. The van der Waals surface area contributed by atoms with Gasteiger partial charge in [-0.05, 0) is 72.3 Å². The zero-order valence-corrected chi connectivity index (χ0v) is 25.0. The highest BCUT2D eigenvalue weighted by Gasteiger charge is 2.33. The van der Waals surface area contributed by atoms with Gasteiger partial charge in [-0.1, -0.05) is 78.9 Å². The van der Waals surface area contributed by atoms with Gasteiger partial charge in [0.25, 0.3) is 0 Å². The largest absolute Gasteiger partial charge is 0.456 e. The van der Waals surface area contributed by atoms with E-state index in [0.29, 0.717) is 0 Å². The van der Waals surface area contributed by atoms with Crippen LogP contribution in [0.5, 0.6) is 23.0 Å². The summed E-state index contributed by atoms with van der Waals surface area (Å²) in [6.07, 6.45) is 0. The van der Waals surface area contributed by atoms with Gasteiger partial charge >= 0.3 is 0 Å². The molecule has 7 aromatic carbocycles. The third-order valence-electron chi connectivity index (χ3n) is 9.56. The summed E-state index contributed by atoms with van der Waals surface area (Å²) in [6, 6.07) is 50.5. The minimum atomic E-state index is 0.794. The Bertz CT molecular complexity index is 2740. The predicted octanol–water partition coefficient (Wildman–Crippen LogP) is 12.0. The molecule has 0 N–H and O–H groups in total. The fourth-order valence-corrected chi connectivity index (χ4v) is 7.58. The van der Waals surface area contributed by atoms with Gasteiger partial charge in [0.05, 0.1) is 22.1 Å². The van der Waals surface area contributed by atoms with Gasteiger partial charge < -0.3 is 18.8 Å². The number of anilines is 3. The molecule has 11 rings (SSSR count). The molecule has 2 aliphatic heterocycles. The second kappa shape index (κ2) is 9.05. The molecule has 2 aromatic heterocycles. The molecule has 0 saturated carbocycles. The summed E-state index contributed by atoms with van der Waals surface area (Å²) in [4.78, 5) is 2.31. The van der Waals surface area contributed by atoms with Gasteiger partial charge in [-0.2, -0.15) is 0 Å². The predicted molar refractivity (Wildman–Crippen MR) is 188 cm³/mol. The Labute approximate surface area is 269 Å². The van der Waals surface area contributed by atoms with Crippen LogP contribution in [0.1, 0.15) is 0 Å². The van der Waals surface area contributed by atoms with Gasteiger partial charge in [-0.15, -0.1) is 0 Å². The van der Waals surface area contributed by atoms with Crippen LogP contribution in [0, 0.1) is 0 Å². The van der Waals surface area contributed by atoms with Gasteiger partial charge in [0, 0.05) is 33.1 Å². The third-order valence-corrected chi connectivity index (χ3v) is 9.56. The average molecular weight is 605 g/mol. The number of rotatable bonds is 4. The Morgan fingerprint density at radius 1 is 0.468 bits per heavy atom. The maximum atomic E-state index is 6.75. The SMILES string of the molecule is c1ccc(N(c2ccc(-c3ccc4c5cccc6c5n5c4c3Oc3cccc(c3-5)O6)cc2)c2cccc3oc4ccccc4c23)cc1. The summed E-state index contributed by atoms with van der Waals surface area (Å²) in [7, 11) is 0. The number of nitrogens with zero attached hydrogens (tertiary/aromatic N) is 2. The molecule has 2 aliphatic rings. The van der Waals surface area contributed by atoms with Crippen LogP contribution in [0.4, 0.5) is 17.1 Å². The van der Waals surface area contributed by atoms with E-state index in [-0.39, 0.29) is 0 Å². The van der Waals surface area contributed by atoms with Gasteiger partial charge in [-0.3, -0.25) is 4.57 Å². The molecule has 9 aromatic rings. The van der Waals surface area contributed by atoms with Crippen molar-refractivity contribution in [2.75, 3.05) is 4.90 Å². The standard InChI is InChI=1S/C42H24N2O3/c1-2-9-26(10-3-1)43(32-13-7-15-34-38(32)31-11-4-5-14-33(31)45-34)27-21-19-25(20-22-27)28-23-24-30-29-12-6-16-35-39(29)44-40(30)42(28)47-37-18-8-17-36(46-35)41(37)44/h1-24H. The molecule has 0 fully saturated rings. The Morgan fingerprint density at radius 2 is 1.15 bits per heavy atom. The first-order valence-corrected chi connectivity index (χ1v) is 15.8. The number of para-hydroxylation sites is 4. The minimum Gasteiger partial charge on any atom is -0.456 e. The Morgan fingerprint density at radius 3 is 2.04 bits per heavy atom. The van der Waals surface area contributed by atoms with E-state index in [1.165, 1.54) is 0 Å². The Kier molecular flexibility index (Phi) is 4.78. The van der Waals surface area contributed by atoms with Gasteiger partial charge in [0.2, 0.25) is 0 Å². The maximum absolute atomic E-state index is 6.75. The number of hydrogen-bond donors (Lipinski definition) is 0. The first kappa shape index (κ1) is 24.8. The minimum absolute atomic E-state index is 0.794. The van der Waals surface area contributed by atoms with E-state index in [0.717, 1.165) is 101 Å². The fourth-order valence-electron chi connectivity index (χ4n) is 7.58. The van der Waals surface area contributed by atoms with Crippen LogP contribution in [0.25, 0.3) is 60.6 Å². The van der Waals surface area contributed by atoms with Crippen molar-refractivity contribution in [2.45, 2.75) is 0 Å². The summed E-state index contributed by atoms with van der Waals surface area (Å²) in [5, 5.41) is 4.50. The Balaban J connectivity index is 1.11. The molecule has 0 unspecified atom stereocenters. The zero-order valence-electron chi connectivity index (χ0n) is 25.0. The smallest absolute Gasteiger partial charge is 0.160 e. The first-order chi connectivity index (χ1) is 23.3. The number of fused-ring (bicyclic) bond motifs is 4. The quantitative estimate of drug-likeness (QED) is 0.200. The van der Waals surface area contributed by atoms with Crippen LogP contribution in [-0.2, 0) is 0 Å². The van der Waals surface area contributed by atoms with Gasteiger partial charge in [-0.25, -0.2) is 0 Å². The van der Waals surface area contributed by atoms with Crippen molar-refractivity contribution in [3.8, 4) is 39.8 Å². The topological polar surface area (TPSA) is 39.8 Å². The maximum Gasteiger partial charge on any atom is 0.160 e. The lowest BCUT2D eigenvalue weighted by atomic mass is 10.0. The summed E-state index contributed by atoms with van der Waals surface area (Å²) in [6.45, 7) is 0. The highest BCUT2D eigenvalue weighted by Crippen LogP contribution is 2.56. The van der Waals surface area contributed by atoms with E-state index in [9.17, 15) is 0 Å². The van der Waals surface area contributed by atoms with Crippen LogP contribution in [0.2, 0.25) is 0 Å². The molecule has 0 bridgehead atoms. The van der Waals surface area contributed by atoms with Crippen molar-refractivity contribution in [1.29, 1.82) is 0 Å². The second-order valence-corrected chi connectivity index (χ2v) is 12.1. The molecule has 0 amide bonds. The fraction of sp³-hybridized carbons (Fsp3) is 0. The van der Waals surface area contributed by atoms with Crippen LogP contribution in [0.3, 0.4) is 0 Å². The lowest BCUT2D eigenvalue weighted by Gasteiger charge is -2.28. The van der Waals surface area contributed by atoms with Crippen molar-refractivity contribution in [3.63, 3.8) is 0 Å². The highest BCUT2D eigenvalue weighted by atomic mass is 16.5. The zero-order chi connectivity index (χ0) is 30.6. The molecule has 4 heterocycles. The number of benzene rings is 7. The van der Waals surface area contributed by atoms with E-state index < -0.39 is 0 Å². The summed E-state index contributed by atoms with van der Waals surface area (Å²) >= 11 is 0. The van der Waals surface area contributed by atoms with E-state index in [1.807, 2.05) is 42.5 Å². The van der Waals surface area contributed by atoms with Crippen LogP contribution < -0.4 is 14.4 Å². The van der Waals surface area contributed by atoms with E-state index in [1.54, 1.807) is 0 Å². The number of furan rings is 1. The van der Waals surface area contributed by atoms with E-state index in [4.69, 9.17) is 13.9 Å². The molecule has 220 valence electrons. The summed E-state index contributed by atoms with van der Waals surface area (Å²) < 4.78 is 21.7. The van der Waals surface area contributed by atoms with Crippen LogP contribution in [0.15, 0.2) is 150 Å². The summed E-state index contributed by atoms with van der Waals surface area (Å²) in [5.74, 6) is 3.33. The highest BCUT2D eigenvalue weighted by molar-refractivity contribution is 6.16. The molecule has 0 saturated heterocycles. The van der Waals surface area contributed by atoms with Crippen molar-refractivity contribution in [2.24, 2.45) is 0 Å². The second-order valence-electron chi connectivity index (χ2n) is 12.1. The molecule has 47 heavy (non-hydrogen) atoms. The molecular formula is C42H24N2O3. The number of ether oxygens (including phenoxy) is 2. The van der Waals surface area contributed by atoms with Crippen molar-refractivity contribution < 1.29 is 13.9 Å². The molecule has 0 spiro atoms. The van der Waals surface area contributed by atoms with Crippen molar-refractivity contribution in [1.82, 2.24) is 4.57 Å². The average Bonchev–Trinajstić information content (AvgIpc) is 3.68. The normalized spacial score (nSPS) is 12.6. The molecule has 0 radical (unpaired) electrons. The third kappa shape index (κ3) is 3.32. The van der Waals surface area contributed by atoms with Gasteiger partial charge in [0.15, 0.2) is 23.0 Å². The molecule has 5 heteroatoms. The lowest BCUT2D eigenvalue weighted by molar-refractivity contribution is 0.445. The lowest BCUT2D eigenvalue weighted by Crippen LogP contribution is -2.10. The van der Waals surface area contributed by atoms with Gasteiger partial charge in [0.1, 0.15) is 16.9 Å².